The number of imide groups is 1. The van der Waals surface area contributed by atoms with Crippen LogP contribution in [0.5, 0.6) is 0 Å². The zero-order valence-corrected chi connectivity index (χ0v) is 10.2. The predicted octanol–water partition coefficient (Wildman–Crippen LogP) is 2.11. The third kappa shape index (κ3) is 2.28. The van der Waals surface area contributed by atoms with Crippen LogP contribution >= 0.6 is 0 Å². The van der Waals surface area contributed by atoms with E-state index in [1.165, 1.54) is 12.8 Å². The molecule has 1 N–H and O–H groups in total. The standard InChI is InChI=1S/C13H21NO2/c1-8(2)9-4-3-5-10(6-9)11-7-12(15)14-13(11)16/h8-11H,3-7H2,1-2H3,(H,14,15,16). The van der Waals surface area contributed by atoms with Crippen molar-refractivity contribution in [2.75, 3.05) is 0 Å². The molecule has 0 aromatic heterocycles. The molecule has 90 valence electrons. The van der Waals surface area contributed by atoms with Crippen LogP contribution in [0.15, 0.2) is 0 Å². The molecule has 3 unspecified atom stereocenters. The van der Waals surface area contributed by atoms with Crippen LogP contribution in [-0.4, -0.2) is 11.8 Å². The van der Waals surface area contributed by atoms with Gasteiger partial charge in [-0.3, -0.25) is 14.9 Å². The van der Waals surface area contributed by atoms with Crippen LogP contribution in [0.3, 0.4) is 0 Å². The summed E-state index contributed by atoms with van der Waals surface area (Å²) in [6.07, 6.45) is 5.17. The summed E-state index contributed by atoms with van der Waals surface area (Å²) in [7, 11) is 0. The Labute approximate surface area is 97.0 Å². The van der Waals surface area contributed by atoms with Crippen LogP contribution in [0.1, 0.15) is 46.0 Å². The maximum absolute atomic E-state index is 11.6. The van der Waals surface area contributed by atoms with E-state index in [0.29, 0.717) is 18.3 Å². The van der Waals surface area contributed by atoms with Crippen molar-refractivity contribution in [2.24, 2.45) is 23.7 Å². The zero-order chi connectivity index (χ0) is 11.7. The molecule has 1 saturated heterocycles. The van der Waals surface area contributed by atoms with Gasteiger partial charge in [0.05, 0.1) is 0 Å². The molecule has 2 amide bonds. The Kier molecular flexibility index (Phi) is 3.31. The minimum absolute atomic E-state index is 0.0283. The Morgan fingerprint density at radius 2 is 2.00 bits per heavy atom. The molecule has 2 fully saturated rings. The molecule has 16 heavy (non-hydrogen) atoms. The first kappa shape index (κ1) is 11.6. The highest BCUT2D eigenvalue weighted by Gasteiger charge is 2.39. The van der Waals surface area contributed by atoms with Crippen LogP contribution in [0.2, 0.25) is 0 Å². The number of nitrogens with one attached hydrogen (secondary N) is 1. The number of carbonyl (C=O) groups is 2. The lowest BCUT2D eigenvalue weighted by Gasteiger charge is -2.33. The van der Waals surface area contributed by atoms with Gasteiger partial charge in [-0.15, -0.1) is 0 Å². The van der Waals surface area contributed by atoms with Gasteiger partial charge in [0, 0.05) is 12.3 Å². The number of hydrogen-bond donors (Lipinski definition) is 1. The molecule has 1 aliphatic heterocycles. The summed E-state index contributed by atoms with van der Waals surface area (Å²) in [6, 6.07) is 0. The smallest absolute Gasteiger partial charge is 0.230 e. The fourth-order valence-electron chi connectivity index (χ4n) is 3.19. The van der Waals surface area contributed by atoms with Gasteiger partial charge >= 0.3 is 0 Å². The molecule has 0 aromatic rings. The number of hydrogen-bond acceptors (Lipinski definition) is 2. The molecular formula is C13H21NO2. The first-order valence-corrected chi connectivity index (χ1v) is 6.41. The third-order valence-corrected chi connectivity index (χ3v) is 4.27. The van der Waals surface area contributed by atoms with E-state index in [-0.39, 0.29) is 17.7 Å². The van der Waals surface area contributed by atoms with E-state index in [2.05, 4.69) is 19.2 Å². The zero-order valence-electron chi connectivity index (χ0n) is 10.2. The van der Waals surface area contributed by atoms with E-state index in [9.17, 15) is 9.59 Å². The SMILES string of the molecule is CC(C)C1CCCC(C2CC(=O)NC2=O)C1. The highest BCUT2D eigenvalue weighted by Crippen LogP contribution is 2.39. The Bertz CT molecular complexity index is 298. The van der Waals surface area contributed by atoms with Gasteiger partial charge in [-0.1, -0.05) is 26.7 Å². The van der Waals surface area contributed by atoms with Crippen molar-refractivity contribution in [1.82, 2.24) is 5.32 Å². The maximum atomic E-state index is 11.6. The largest absolute Gasteiger partial charge is 0.296 e. The predicted molar refractivity (Wildman–Crippen MR) is 61.5 cm³/mol. The van der Waals surface area contributed by atoms with Crippen LogP contribution in [0.25, 0.3) is 0 Å². The van der Waals surface area contributed by atoms with Gasteiger partial charge in [0.1, 0.15) is 0 Å². The molecule has 2 aliphatic rings. The third-order valence-electron chi connectivity index (χ3n) is 4.27. The van der Waals surface area contributed by atoms with Crippen molar-refractivity contribution in [1.29, 1.82) is 0 Å². The topological polar surface area (TPSA) is 46.2 Å². The fraction of sp³-hybridized carbons (Fsp3) is 0.846. The first-order chi connectivity index (χ1) is 7.58. The molecule has 0 bridgehead atoms. The van der Waals surface area contributed by atoms with Gasteiger partial charge in [-0.2, -0.15) is 0 Å². The molecule has 0 spiro atoms. The van der Waals surface area contributed by atoms with Crippen LogP contribution in [-0.2, 0) is 9.59 Å². The van der Waals surface area contributed by atoms with E-state index < -0.39 is 0 Å². The Morgan fingerprint density at radius 3 is 2.56 bits per heavy atom. The van der Waals surface area contributed by atoms with Gasteiger partial charge in [-0.05, 0) is 30.6 Å². The second-order valence-corrected chi connectivity index (χ2v) is 5.65. The molecule has 3 nitrogen and oxygen atoms in total. The molecule has 1 saturated carbocycles. The summed E-state index contributed by atoms with van der Waals surface area (Å²) in [4.78, 5) is 22.8. The van der Waals surface area contributed by atoms with Crippen molar-refractivity contribution in [3.05, 3.63) is 0 Å². The van der Waals surface area contributed by atoms with Gasteiger partial charge in [0.25, 0.3) is 0 Å². The van der Waals surface area contributed by atoms with Crippen molar-refractivity contribution in [2.45, 2.75) is 46.0 Å². The second-order valence-electron chi connectivity index (χ2n) is 5.65. The molecule has 0 radical (unpaired) electrons. The molecule has 1 aliphatic carbocycles. The Balaban J connectivity index is 1.99. The van der Waals surface area contributed by atoms with Crippen LogP contribution in [0.4, 0.5) is 0 Å². The quantitative estimate of drug-likeness (QED) is 0.729. The van der Waals surface area contributed by atoms with E-state index in [4.69, 9.17) is 0 Å². The molecular weight excluding hydrogens is 202 g/mol. The van der Waals surface area contributed by atoms with Gasteiger partial charge in [0.15, 0.2) is 0 Å². The van der Waals surface area contributed by atoms with Crippen molar-refractivity contribution in [3.63, 3.8) is 0 Å². The second kappa shape index (κ2) is 4.56. The van der Waals surface area contributed by atoms with Crippen LogP contribution in [0, 0.1) is 23.7 Å². The van der Waals surface area contributed by atoms with Gasteiger partial charge < -0.3 is 0 Å². The lowest BCUT2D eigenvalue weighted by atomic mass is 9.71. The highest BCUT2D eigenvalue weighted by molar-refractivity contribution is 6.03. The first-order valence-electron chi connectivity index (χ1n) is 6.41. The van der Waals surface area contributed by atoms with E-state index in [1.807, 2.05) is 0 Å². The summed E-state index contributed by atoms with van der Waals surface area (Å²) >= 11 is 0. The summed E-state index contributed by atoms with van der Waals surface area (Å²) in [5.41, 5.74) is 0. The minimum atomic E-state index is -0.0818. The number of rotatable bonds is 2. The molecule has 1 heterocycles. The van der Waals surface area contributed by atoms with Crippen molar-refractivity contribution >= 4 is 11.8 Å². The molecule has 0 aromatic carbocycles. The normalized spacial score (nSPS) is 35.6. The van der Waals surface area contributed by atoms with E-state index in [0.717, 1.165) is 18.8 Å². The maximum Gasteiger partial charge on any atom is 0.230 e. The van der Waals surface area contributed by atoms with Gasteiger partial charge in [-0.25, -0.2) is 0 Å². The number of amides is 2. The lowest BCUT2D eigenvalue weighted by molar-refractivity contribution is -0.126. The molecule has 2 rings (SSSR count). The monoisotopic (exact) mass is 223 g/mol. The fourth-order valence-corrected chi connectivity index (χ4v) is 3.19. The van der Waals surface area contributed by atoms with E-state index in [1.54, 1.807) is 0 Å². The Morgan fingerprint density at radius 1 is 1.25 bits per heavy atom. The summed E-state index contributed by atoms with van der Waals surface area (Å²) in [5.74, 6) is 1.73. The average Bonchev–Trinajstić information content (AvgIpc) is 2.58. The molecule has 3 atom stereocenters. The van der Waals surface area contributed by atoms with E-state index >= 15 is 0 Å². The lowest BCUT2D eigenvalue weighted by Crippen LogP contribution is -2.30. The average molecular weight is 223 g/mol. The summed E-state index contributed by atoms with van der Waals surface area (Å²) in [5, 5.41) is 2.43. The minimum Gasteiger partial charge on any atom is -0.296 e. The summed E-state index contributed by atoms with van der Waals surface area (Å²) in [6.45, 7) is 4.51. The summed E-state index contributed by atoms with van der Waals surface area (Å²) < 4.78 is 0. The van der Waals surface area contributed by atoms with Crippen LogP contribution < -0.4 is 5.32 Å². The number of carbonyl (C=O) groups excluding carboxylic acids is 2. The van der Waals surface area contributed by atoms with Crippen molar-refractivity contribution in [3.8, 4) is 0 Å². The molecule has 3 heteroatoms. The Hall–Kier alpha value is -0.860. The van der Waals surface area contributed by atoms with Gasteiger partial charge in [0.2, 0.25) is 11.8 Å². The highest BCUT2D eigenvalue weighted by atomic mass is 16.2. The van der Waals surface area contributed by atoms with Crippen molar-refractivity contribution < 1.29 is 9.59 Å².